The standard InChI is InChI=1S/C20H25N3O5S/c1-14-15(2)21-13-23(20(14)25)12-19(24)22-10-8-18(9-11-22)29(26,27)17-6-4-16(28-3)5-7-17/h4-7,13,18H,8-12H2,1-3H3. The van der Waals surface area contributed by atoms with Gasteiger partial charge in [-0.3, -0.25) is 14.2 Å². The van der Waals surface area contributed by atoms with Crippen LogP contribution in [0.1, 0.15) is 24.1 Å². The molecule has 1 aliphatic rings. The monoisotopic (exact) mass is 419 g/mol. The molecule has 0 unspecified atom stereocenters. The number of sulfone groups is 1. The third-order valence-corrected chi connectivity index (χ3v) is 7.72. The van der Waals surface area contributed by atoms with Crippen molar-refractivity contribution in [1.29, 1.82) is 0 Å². The number of carbonyl (C=O) groups excluding carboxylic acids is 1. The summed E-state index contributed by atoms with van der Waals surface area (Å²) in [6.07, 6.45) is 2.10. The van der Waals surface area contributed by atoms with E-state index < -0.39 is 15.1 Å². The van der Waals surface area contributed by atoms with Crippen LogP contribution in [-0.2, 0) is 21.2 Å². The smallest absolute Gasteiger partial charge is 0.256 e. The molecule has 1 saturated heterocycles. The number of piperidine rings is 1. The largest absolute Gasteiger partial charge is 0.497 e. The first-order chi connectivity index (χ1) is 13.7. The van der Waals surface area contributed by atoms with Gasteiger partial charge in [-0.05, 0) is 51.0 Å². The molecule has 0 atom stereocenters. The van der Waals surface area contributed by atoms with Crippen LogP contribution in [0.2, 0.25) is 0 Å². The zero-order chi connectivity index (χ0) is 21.2. The van der Waals surface area contributed by atoms with Gasteiger partial charge in [-0.15, -0.1) is 0 Å². The summed E-state index contributed by atoms with van der Waals surface area (Å²) >= 11 is 0. The summed E-state index contributed by atoms with van der Waals surface area (Å²) in [5.74, 6) is 0.387. The Bertz CT molecular complexity index is 1050. The van der Waals surface area contributed by atoms with Crippen LogP contribution >= 0.6 is 0 Å². The molecule has 9 heteroatoms. The van der Waals surface area contributed by atoms with E-state index in [9.17, 15) is 18.0 Å². The number of aryl methyl sites for hydroxylation is 1. The van der Waals surface area contributed by atoms with Gasteiger partial charge in [0.15, 0.2) is 9.84 Å². The lowest BCUT2D eigenvalue weighted by molar-refractivity contribution is -0.132. The first-order valence-electron chi connectivity index (χ1n) is 9.42. The van der Waals surface area contributed by atoms with E-state index in [2.05, 4.69) is 4.98 Å². The van der Waals surface area contributed by atoms with Crippen molar-refractivity contribution in [1.82, 2.24) is 14.5 Å². The molecular weight excluding hydrogens is 394 g/mol. The zero-order valence-corrected chi connectivity index (χ0v) is 17.6. The fourth-order valence-corrected chi connectivity index (χ4v) is 5.14. The SMILES string of the molecule is COc1ccc(S(=O)(=O)C2CCN(C(=O)Cn3cnc(C)c(C)c3=O)CC2)cc1. The van der Waals surface area contributed by atoms with Crippen molar-refractivity contribution in [2.24, 2.45) is 0 Å². The molecule has 0 spiro atoms. The van der Waals surface area contributed by atoms with Crippen molar-refractivity contribution in [3.63, 3.8) is 0 Å². The molecule has 1 amide bonds. The number of rotatable bonds is 5. The number of carbonyl (C=O) groups is 1. The summed E-state index contributed by atoms with van der Waals surface area (Å²) < 4.78 is 32.1. The number of benzene rings is 1. The third-order valence-electron chi connectivity index (χ3n) is 5.44. The van der Waals surface area contributed by atoms with Crippen molar-refractivity contribution in [3.05, 3.63) is 52.2 Å². The van der Waals surface area contributed by atoms with Gasteiger partial charge in [-0.1, -0.05) is 0 Å². The van der Waals surface area contributed by atoms with Crippen LogP contribution in [-0.4, -0.2) is 54.2 Å². The Morgan fingerprint density at radius 3 is 2.38 bits per heavy atom. The average Bonchev–Trinajstić information content (AvgIpc) is 2.74. The molecule has 0 aliphatic carbocycles. The first kappa shape index (κ1) is 21.0. The number of hydrogen-bond acceptors (Lipinski definition) is 6. The summed E-state index contributed by atoms with van der Waals surface area (Å²) in [6.45, 7) is 4.01. The van der Waals surface area contributed by atoms with Gasteiger partial charge in [0.25, 0.3) is 5.56 Å². The van der Waals surface area contributed by atoms with E-state index in [0.717, 1.165) is 0 Å². The Morgan fingerprint density at radius 2 is 1.79 bits per heavy atom. The van der Waals surface area contributed by atoms with Gasteiger partial charge < -0.3 is 9.64 Å². The number of methoxy groups -OCH3 is 1. The first-order valence-corrected chi connectivity index (χ1v) is 11.0. The predicted octanol–water partition coefficient (Wildman–Crippen LogP) is 1.33. The summed E-state index contributed by atoms with van der Waals surface area (Å²) in [4.78, 5) is 30.9. The van der Waals surface area contributed by atoms with Gasteiger partial charge in [-0.25, -0.2) is 13.4 Å². The normalized spacial score (nSPS) is 15.3. The maximum atomic E-state index is 12.9. The van der Waals surface area contributed by atoms with Crippen molar-refractivity contribution >= 4 is 15.7 Å². The number of amides is 1. The van der Waals surface area contributed by atoms with Crippen LogP contribution in [0.4, 0.5) is 0 Å². The molecule has 1 aromatic carbocycles. The molecule has 2 aromatic rings. The van der Waals surface area contributed by atoms with E-state index in [4.69, 9.17) is 4.74 Å². The number of likely N-dealkylation sites (tertiary alicyclic amines) is 1. The summed E-state index contributed by atoms with van der Waals surface area (Å²) in [5.41, 5.74) is 0.927. The van der Waals surface area contributed by atoms with Crippen molar-refractivity contribution in [2.75, 3.05) is 20.2 Å². The highest BCUT2D eigenvalue weighted by Crippen LogP contribution is 2.26. The second kappa shape index (κ2) is 8.36. The lowest BCUT2D eigenvalue weighted by Crippen LogP contribution is -2.44. The summed E-state index contributed by atoms with van der Waals surface area (Å²) in [7, 11) is -1.94. The lowest BCUT2D eigenvalue weighted by Gasteiger charge is -2.32. The Labute approximate surface area is 170 Å². The van der Waals surface area contributed by atoms with Gasteiger partial charge >= 0.3 is 0 Å². The molecule has 1 aromatic heterocycles. The molecule has 29 heavy (non-hydrogen) atoms. The van der Waals surface area contributed by atoms with E-state index in [1.54, 1.807) is 43.0 Å². The van der Waals surface area contributed by atoms with Crippen molar-refractivity contribution in [2.45, 2.75) is 43.4 Å². The highest BCUT2D eigenvalue weighted by atomic mass is 32.2. The van der Waals surface area contributed by atoms with E-state index in [1.165, 1.54) is 18.0 Å². The van der Waals surface area contributed by atoms with Crippen LogP contribution in [0.5, 0.6) is 5.75 Å². The molecule has 0 N–H and O–H groups in total. The molecule has 1 fully saturated rings. The Morgan fingerprint density at radius 1 is 1.17 bits per heavy atom. The number of aromatic nitrogens is 2. The van der Waals surface area contributed by atoms with Crippen LogP contribution in [0.3, 0.4) is 0 Å². The fourth-order valence-electron chi connectivity index (χ4n) is 3.41. The third kappa shape index (κ3) is 4.34. The van der Waals surface area contributed by atoms with Gasteiger partial charge in [-0.2, -0.15) is 0 Å². The van der Waals surface area contributed by atoms with Crippen molar-refractivity contribution < 1.29 is 17.9 Å². The van der Waals surface area contributed by atoms with Crippen LogP contribution < -0.4 is 10.3 Å². The minimum atomic E-state index is -3.47. The molecule has 156 valence electrons. The zero-order valence-electron chi connectivity index (χ0n) is 16.8. The molecule has 0 saturated carbocycles. The topological polar surface area (TPSA) is 98.6 Å². The van der Waals surface area contributed by atoms with E-state index >= 15 is 0 Å². The molecule has 0 radical (unpaired) electrons. The minimum absolute atomic E-state index is 0.0944. The highest BCUT2D eigenvalue weighted by molar-refractivity contribution is 7.92. The molecule has 2 heterocycles. The van der Waals surface area contributed by atoms with E-state index in [0.29, 0.717) is 42.9 Å². The Kier molecular flexibility index (Phi) is 6.07. The fraction of sp³-hybridized carbons (Fsp3) is 0.450. The number of ether oxygens (including phenoxy) is 1. The van der Waals surface area contributed by atoms with Gasteiger partial charge in [0.1, 0.15) is 12.3 Å². The second-order valence-electron chi connectivity index (χ2n) is 7.19. The predicted molar refractivity (Wildman–Crippen MR) is 108 cm³/mol. The average molecular weight is 420 g/mol. The Balaban J connectivity index is 1.64. The van der Waals surface area contributed by atoms with Gasteiger partial charge in [0.2, 0.25) is 5.91 Å². The maximum absolute atomic E-state index is 12.9. The number of nitrogens with zero attached hydrogens (tertiary/aromatic N) is 3. The van der Waals surface area contributed by atoms with E-state index in [1.807, 2.05) is 0 Å². The minimum Gasteiger partial charge on any atom is -0.497 e. The molecule has 3 rings (SSSR count). The van der Waals surface area contributed by atoms with E-state index in [-0.39, 0.29) is 22.9 Å². The summed E-state index contributed by atoms with van der Waals surface area (Å²) in [6, 6.07) is 6.34. The summed E-state index contributed by atoms with van der Waals surface area (Å²) in [5, 5.41) is -0.536. The van der Waals surface area contributed by atoms with Crippen LogP contribution in [0, 0.1) is 13.8 Å². The second-order valence-corrected chi connectivity index (χ2v) is 9.42. The van der Waals surface area contributed by atoms with Crippen LogP contribution in [0.15, 0.2) is 40.3 Å². The maximum Gasteiger partial charge on any atom is 0.256 e. The lowest BCUT2D eigenvalue weighted by atomic mass is 10.1. The molecule has 8 nitrogen and oxygen atoms in total. The van der Waals surface area contributed by atoms with Crippen molar-refractivity contribution in [3.8, 4) is 5.75 Å². The molecular formula is C20H25N3O5S. The van der Waals surface area contributed by atoms with Gasteiger partial charge in [0, 0.05) is 24.3 Å². The van der Waals surface area contributed by atoms with Gasteiger partial charge in [0.05, 0.1) is 23.6 Å². The highest BCUT2D eigenvalue weighted by Gasteiger charge is 2.32. The number of hydrogen-bond donors (Lipinski definition) is 0. The molecule has 0 bridgehead atoms. The Hall–Kier alpha value is -2.68. The van der Waals surface area contributed by atoms with Crippen LogP contribution in [0.25, 0.3) is 0 Å². The quantitative estimate of drug-likeness (QED) is 0.725. The molecule has 1 aliphatic heterocycles.